The summed E-state index contributed by atoms with van der Waals surface area (Å²) in [6.07, 6.45) is 5.24. The number of nitrogens with zero attached hydrogens (tertiary/aromatic N) is 1. The third kappa shape index (κ3) is 2.47. The van der Waals surface area contributed by atoms with Crippen molar-refractivity contribution in [3.05, 3.63) is 34.4 Å². The van der Waals surface area contributed by atoms with E-state index in [1.54, 1.807) is 0 Å². The van der Waals surface area contributed by atoms with Crippen LogP contribution in [0.5, 0.6) is 0 Å². The van der Waals surface area contributed by atoms with E-state index >= 15 is 0 Å². The number of carbonyl (C=O) groups is 1. The molecule has 0 saturated heterocycles. The zero-order valence-electron chi connectivity index (χ0n) is 9.70. The maximum Gasteiger partial charge on any atom is 0.335 e. The molecular formula is C14H15NO2. The lowest BCUT2D eigenvalue weighted by Gasteiger charge is -2.18. The van der Waals surface area contributed by atoms with Crippen molar-refractivity contribution in [3.63, 3.8) is 0 Å². The molecule has 0 aromatic heterocycles. The lowest BCUT2D eigenvalue weighted by molar-refractivity contribution is 0.0695. The van der Waals surface area contributed by atoms with E-state index in [0.717, 1.165) is 24.8 Å². The van der Waals surface area contributed by atoms with Crippen LogP contribution < -0.4 is 0 Å². The second kappa shape index (κ2) is 5.01. The quantitative estimate of drug-likeness (QED) is 0.866. The molecule has 3 heteroatoms. The lowest BCUT2D eigenvalue weighted by Crippen LogP contribution is -2.09. The van der Waals surface area contributed by atoms with Crippen LogP contribution in [0, 0.1) is 11.3 Å². The minimum atomic E-state index is -0.883. The number of benzene rings is 1. The van der Waals surface area contributed by atoms with Gasteiger partial charge in [0.1, 0.15) is 0 Å². The summed E-state index contributed by atoms with van der Waals surface area (Å²) in [5, 5.41) is 17.8. The summed E-state index contributed by atoms with van der Waals surface area (Å²) in [6.45, 7) is 0. The van der Waals surface area contributed by atoms with Crippen molar-refractivity contribution >= 4 is 5.97 Å². The fourth-order valence-electron chi connectivity index (χ4n) is 2.43. The number of rotatable bonds is 3. The zero-order chi connectivity index (χ0) is 12.3. The number of carboxylic acid groups (broad SMARTS) is 1. The predicted octanol–water partition coefficient (Wildman–Crippen LogP) is 2.72. The monoisotopic (exact) mass is 229 g/mol. The first-order chi connectivity index (χ1) is 8.22. The summed E-state index contributed by atoms with van der Waals surface area (Å²) in [6, 6.07) is 5.87. The standard InChI is InChI=1S/C14H15NO2/c15-7-3-6-12-8-10-4-1-2-5-11(10)9-13(12)14(16)17/h8-9H,1-6H2,(H,16,17). The Balaban J connectivity index is 2.41. The zero-order valence-corrected chi connectivity index (χ0v) is 9.70. The van der Waals surface area contributed by atoms with E-state index in [9.17, 15) is 9.90 Å². The molecule has 2 rings (SSSR count). The largest absolute Gasteiger partial charge is 0.478 e. The summed E-state index contributed by atoms with van der Waals surface area (Å²) >= 11 is 0. The minimum absolute atomic E-state index is 0.374. The van der Waals surface area contributed by atoms with Gasteiger partial charge < -0.3 is 5.11 Å². The maximum absolute atomic E-state index is 11.2. The molecule has 1 aromatic carbocycles. The Morgan fingerprint density at radius 3 is 2.53 bits per heavy atom. The van der Waals surface area contributed by atoms with Gasteiger partial charge in [-0.25, -0.2) is 4.79 Å². The topological polar surface area (TPSA) is 61.1 Å². The second-order valence-corrected chi connectivity index (χ2v) is 4.45. The SMILES string of the molecule is N#CCCc1cc2c(cc1C(=O)O)CCCC2. The van der Waals surface area contributed by atoms with Crippen molar-refractivity contribution in [1.29, 1.82) is 5.26 Å². The number of carboxylic acids is 1. The molecule has 0 bridgehead atoms. The van der Waals surface area contributed by atoms with Crippen molar-refractivity contribution in [2.24, 2.45) is 0 Å². The average molecular weight is 229 g/mol. The lowest BCUT2D eigenvalue weighted by atomic mass is 9.87. The van der Waals surface area contributed by atoms with E-state index < -0.39 is 5.97 Å². The predicted molar refractivity (Wildman–Crippen MR) is 64.0 cm³/mol. The van der Waals surface area contributed by atoms with Crippen molar-refractivity contribution in [2.75, 3.05) is 0 Å². The summed E-state index contributed by atoms with van der Waals surface area (Å²) in [4.78, 5) is 11.2. The number of nitriles is 1. The molecule has 17 heavy (non-hydrogen) atoms. The molecule has 3 nitrogen and oxygen atoms in total. The number of fused-ring (bicyclic) bond motifs is 1. The van der Waals surface area contributed by atoms with Crippen LogP contribution in [0.2, 0.25) is 0 Å². The van der Waals surface area contributed by atoms with Gasteiger partial charge >= 0.3 is 5.97 Å². The summed E-state index contributed by atoms with van der Waals surface area (Å²) < 4.78 is 0. The van der Waals surface area contributed by atoms with E-state index in [1.165, 1.54) is 17.5 Å². The maximum atomic E-state index is 11.2. The number of aryl methyl sites for hydroxylation is 3. The van der Waals surface area contributed by atoms with Crippen LogP contribution in [-0.2, 0) is 19.3 Å². The van der Waals surface area contributed by atoms with Crippen molar-refractivity contribution in [1.82, 2.24) is 0 Å². The molecule has 1 aliphatic rings. The molecule has 0 saturated carbocycles. The molecule has 1 N–H and O–H groups in total. The molecule has 0 radical (unpaired) electrons. The summed E-state index contributed by atoms with van der Waals surface area (Å²) in [5.74, 6) is -0.883. The smallest absolute Gasteiger partial charge is 0.335 e. The van der Waals surface area contributed by atoms with Gasteiger partial charge in [-0.2, -0.15) is 5.26 Å². The van der Waals surface area contributed by atoms with E-state index in [0.29, 0.717) is 18.4 Å². The molecule has 0 aliphatic heterocycles. The van der Waals surface area contributed by atoms with Gasteiger partial charge in [-0.15, -0.1) is 0 Å². The minimum Gasteiger partial charge on any atom is -0.478 e. The molecule has 1 aliphatic carbocycles. The highest BCUT2D eigenvalue weighted by Crippen LogP contribution is 2.25. The van der Waals surface area contributed by atoms with Crippen LogP contribution in [0.25, 0.3) is 0 Å². The summed E-state index contributed by atoms with van der Waals surface area (Å²) in [5.41, 5.74) is 3.63. The van der Waals surface area contributed by atoms with E-state index in [-0.39, 0.29) is 0 Å². The van der Waals surface area contributed by atoms with Gasteiger partial charge in [-0.3, -0.25) is 0 Å². The number of hydrogen-bond donors (Lipinski definition) is 1. The van der Waals surface area contributed by atoms with Crippen LogP contribution in [0.3, 0.4) is 0 Å². The highest BCUT2D eigenvalue weighted by atomic mass is 16.4. The van der Waals surface area contributed by atoms with Gasteiger partial charge in [0.05, 0.1) is 11.6 Å². The Bertz CT molecular complexity index is 486. The van der Waals surface area contributed by atoms with E-state index in [2.05, 4.69) is 6.07 Å². The Labute approximate surface area is 101 Å². The average Bonchev–Trinajstić information content (AvgIpc) is 2.35. The summed E-state index contributed by atoms with van der Waals surface area (Å²) in [7, 11) is 0. The molecule has 0 unspecified atom stereocenters. The molecule has 0 spiro atoms. The molecule has 0 atom stereocenters. The first-order valence-corrected chi connectivity index (χ1v) is 5.97. The Hall–Kier alpha value is -1.82. The van der Waals surface area contributed by atoms with E-state index in [4.69, 9.17) is 5.26 Å². The third-order valence-corrected chi connectivity index (χ3v) is 3.30. The highest BCUT2D eigenvalue weighted by Gasteiger charge is 2.16. The second-order valence-electron chi connectivity index (χ2n) is 4.45. The van der Waals surface area contributed by atoms with Crippen LogP contribution in [0.1, 0.15) is 46.3 Å². The Morgan fingerprint density at radius 1 is 1.29 bits per heavy atom. The van der Waals surface area contributed by atoms with Crippen molar-refractivity contribution < 1.29 is 9.90 Å². The van der Waals surface area contributed by atoms with Crippen LogP contribution in [-0.4, -0.2) is 11.1 Å². The first-order valence-electron chi connectivity index (χ1n) is 5.97. The van der Waals surface area contributed by atoms with Gasteiger partial charge in [0.2, 0.25) is 0 Å². The van der Waals surface area contributed by atoms with Crippen LogP contribution >= 0.6 is 0 Å². The van der Waals surface area contributed by atoms with Crippen molar-refractivity contribution in [2.45, 2.75) is 38.5 Å². The van der Waals surface area contributed by atoms with Gasteiger partial charge in [0, 0.05) is 6.42 Å². The van der Waals surface area contributed by atoms with E-state index in [1.807, 2.05) is 12.1 Å². The van der Waals surface area contributed by atoms with Crippen LogP contribution in [0.4, 0.5) is 0 Å². The van der Waals surface area contributed by atoms with Gasteiger partial charge in [0.25, 0.3) is 0 Å². The molecule has 0 amide bonds. The molecule has 88 valence electrons. The normalized spacial score (nSPS) is 13.8. The first kappa shape index (κ1) is 11.7. The van der Waals surface area contributed by atoms with Gasteiger partial charge in [-0.05, 0) is 54.9 Å². The molecule has 0 heterocycles. The van der Waals surface area contributed by atoms with Crippen LogP contribution in [0.15, 0.2) is 12.1 Å². The Kier molecular flexibility index (Phi) is 3.43. The molecular weight excluding hydrogens is 214 g/mol. The van der Waals surface area contributed by atoms with Gasteiger partial charge in [0.15, 0.2) is 0 Å². The fraction of sp³-hybridized carbons (Fsp3) is 0.429. The number of hydrogen-bond acceptors (Lipinski definition) is 2. The van der Waals surface area contributed by atoms with Gasteiger partial charge in [-0.1, -0.05) is 6.07 Å². The highest BCUT2D eigenvalue weighted by molar-refractivity contribution is 5.90. The molecule has 0 fully saturated rings. The number of aromatic carboxylic acids is 1. The van der Waals surface area contributed by atoms with Crippen molar-refractivity contribution in [3.8, 4) is 6.07 Å². The Morgan fingerprint density at radius 2 is 1.94 bits per heavy atom. The third-order valence-electron chi connectivity index (χ3n) is 3.30. The fourth-order valence-corrected chi connectivity index (χ4v) is 2.43. The molecule has 1 aromatic rings.